The molecule has 3 aliphatic carbocycles. The average Bonchev–Trinajstić information content (AvgIpc) is 4.00. The van der Waals surface area contributed by atoms with Crippen LogP contribution in [0.5, 0.6) is 0 Å². The molecule has 432 valence electrons. The lowest BCUT2D eigenvalue weighted by atomic mass is 9.78. The summed E-state index contributed by atoms with van der Waals surface area (Å²) in [6.45, 7) is 4.28. The Morgan fingerprint density at radius 1 is 0.709 bits per heavy atom. The quantitative estimate of drug-likeness (QED) is 0.0641. The van der Waals surface area contributed by atoms with Crippen molar-refractivity contribution in [2.24, 2.45) is 0 Å². The van der Waals surface area contributed by atoms with Gasteiger partial charge in [0.05, 0.1) is 19.6 Å². The number of benzene rings is 3. The number of nitrogens with zero attached hydrogens (tertiary/aromatic N) is 3. The van der Waals surface area contributed by atoms with Gasteiger partial charge in [0.1, 0.15) is 17.6 Å². The van der Waals surface area contributed by atoms with Gasteiger partial charge in [0.15, 0.2) is 11.9 Å². The van der Waals surface area contributed by atoms with Crippen molar-refractivity contribution in [1.82, 2.24) is 25.3 Å². The molecule has 5 fully saturated rings. The molecule has 3 saturated carbocycles. The maximum Gasteiger partial charge on any atom is 0.310 e. The fraction of sp³-hybridized carbons (Fsp3) is 0.646. The van der Waals surface area contributed by atoms with Gasteiger partial charge in [-0.05, 0) is 102 Å². The minimum Gasteiger partial charge on any atom is -0.444 e. The highest BCUT2D eigenvalue weighted by Gasteiger charge is 2.49. The van der Waals surface area contributed by atoms with Crippen molar-refractivity contribution < 1.29 is 38.2 Å². The van der Waals surface area contributed by atoms with Gasteiger partial charge < -0.3 is 39.5 Å². The number of likely N-dealkylation sites (N-methyl/N-ethyl adjacent to an activating group) is 1. The van der Waals surface area contributed by atoms with Crippen molar-refractivity contribution in [2.45, 2.75) is 222 Å². The van der Waals surface area contributed by atoms with Crippen LogP contribution in [0.2, 0.25) is 5.02 Å². The fourth-order valence-corrected chi connectivity index (χ4v) is 13.7. The molecule has 5 aliphatic rings. The van der Waals surface area contributed by atoms with Gasteiger partial charge in [-0.2, -0.15) is 0 Å². The van der Waals surface area contributed by atoms with Gasteiger partial charge in [0.25, 0.3) is 0 Å². The molecule has 0 bridgehead atoms. The lowest BCUT2D eigenvalue weighted by Crippen LogP contribution is -2.64. The van der Waals surface area contributed by atoms with Crippen LogP contribution in [0.25, 0.3) is 0 Å². The van der Waals surface area contributed by atoms with E-state index in [4.69, 9.17) is 25.8 Å². The van der Waals surface area contributed by atoms with Gasteiger partial charge in [0, 0.05) is 61.0 Å². The Hall–Kier alpha value is -4.82. The first-order valence-corrected chi connectivity index (χ1v) is 31.1. The van der Waals surface area contributed by atoms with Crippen LogP contribution in [0.15, 0.2) is 78.9 Å². The van der Waals surface area contributed by atoms with Gasteiger partial charge in [-0.15, -0.1) is 0 Å². The van der Waals surface area contributed by atoms with Gasteiger partial charge in [-0.1, -0.05) is 174 Å². The summed E-state index contributed by atoms with van der Waals surface area (Å²) in [5.74, 6) is -1.57. The van der Waals surface area contributed by atoms with Crippen LogP contribution in [-0.2, 0) is 43.8 Å². The molecule has 3 aromatic rings. The Morgan fingerprint density at radius 3 is 1.94 bits per heavy atom. The summed E-state index contributed by atoms with van der Waals surface area (Å²) < 4.78 is 18.6. The minimum absolute atomic E-state index is 0.00176. The van der Waals surface area contributed by atoms with E-state index >= 15 is 14.4 Å². The normalized spacial score (nSPS) is 21.5. The summed E-state index contributed by atoms with van der Waals surface area (Å²) >= 11 is 7.24. The monoisotopic (exact) mass is 1110 g/mol. The van der Waals surface area contributed by atoms with Crippen molar-refractivity contribution >= 4 is 41.2 Å². The van der Waals surface area contributed by atoms with Crippen molar-refractivity contribution in [3.05, 3.63) is 106 Å². The van der Waals surface area contributed by atoms with Crippen LogP contribution in [0.4, 0.5) is 0 Å². The van der Waals surface area contributed by atoms with Crippen molar-refractivity contribution in [2.75, 3.05) is 46.4 Å². The Bertz CT molecular complexity index is 2390. The fourth-order valence-electron chi connectivity index (χ4n) is 13.4. The first-order valence-electron chi connectivity index (χ1n) is 30.8. The summed E-state index contributed by atoms with van der Waals surface area (Å²) in [5, 5.41) is 6.67. The predicted molar refractivity (Wildman–Crippen MR) is 310 cm³/mol. The van der Waals surface area contributed by atoms with E-state index in [9.17, 15) is 9.59 Å². The summed E-state index contributed by atoms with van der Waals surface area (Å²) in [5.41, 5.74) is 0.567. The number of hydrogen-bond donors (Lipinski definition) is 2. The molecule has 2 saturated heterocycles. The van der Waals surface area contributed by atoms with Crippen molar-refractivity contribution in [3.8, 4) is 0 Å². The van der Waals surface area contributed by atoms with Crippen molar-refractivity contribution in [3.63, 3.8) is 0 Å². The molecule has 2 heterocycles. The third-order valence-electron chi connectivity index (χ3n) is 18.0. The van der Waals surface area contributed by atoms with E-state index < -0.39 is 41.5 Å². The highest BCUT2D eigenvalue weighted by atomic mass is 35.5. The second-order valence-electron chi connectivity index (χ2n) is 23.5. The zero-order valence-electron chi connectivity index (χ0n) is 47.7. The van der Waals surface area contributed by atoms with Gasteiger partial charge in [-0.3, -0.25) is 24.0 Å². The van der Waals surface area contributed by atoms with E-state index in [1.54, 1.807) is 18.9 Å². The molecular formula is C65H92ClN5O8. The molecule has 79 heavy (non-hydrogen) atoms. The topological polar surface area (TPSA) is 147 Å². The number of rotatable bonds is 20. The summed E-state index contributed by atoms with van der Waals surface area (Å²) in [6.07, 6.45) is 25.1. The van der Waals surface area contributed by atoms with Gasteiger partial charge >= 0.3 is 5.97 Å². The van der Waals surface area contributed by atoms with E-state index in [1.165, 1.54) is 68.3 Å². The van der Waals surface area contributed by atoms with E-state index in [0.29, 0.717) is 80.6 Å². The van der Waals surface area contributed by atoms with E-state index in [-0.39, 0.29) is 36.6 Å². The van der Waals surface area contributed by atoms with E-state index in [2.05, 4.69) is 34.9 Å². The summed E-state index contributed by atoms with van der Waals surface area (Å²) in [6, 6.07) is 23.2. The number of halogens is 1. The minimum atomic E-state index is -1.53. The van der Waals surface area contributed by atoms with Crippen LogP contribution in [0, 0.1) is 0 Å². The highest BCUT2D eigenvalue weighted by molar-refractivity contribution is 6.31. The Labute approximate surface area is 476 Å². The molecule has 0 aromatic heterocycles. The average molecular weight is 1110 g/mol. The molecule has 14 heteroatoms. The van der Waals surface area contributed by atoms with Gasteiger partial charge in [-0.25, -0.2) is 0 Å². The number of esters is 1. The maximum absolute atomic E-state index is 15.7. The summed E-state index contributed by atoms with van der Waals surface area (Å²) in [4.78, 5) is 80.2. The molecule has 13 nitrogen and oxygen atoms in total. The lowest BCUT2D eigenvalue weighted by Gasteiger charge is -2.44. The molecule has 4 atom stereocenters. The Balaban J connectivity index is 1.08. The van der Waals surface area contributed by atoms with Crippen LogP contribution in [-0.4, -0.2) is 121 Å². The number of piperidine rings is 1. The standard InChI is InChI=1S/C65H92ClN5O8/c1-49(69(2)63(76)64(40-22-23-41-64)68-58(72)48-67-42-46-78-60-35-21-26-45-77-60)61(74)71(54-31-17-11-18-32-54)57(62(75)70-43-24-12-25-44-70)47-59(73)79-65(52-29-15-10-16-30-52,55-33-19-20-34-56(55)66)53-38-36-51(37-39-53)50-27-13-8-6-4-3-5-7-9-14-28-50/h10,15-16,19-20,29-30,33-34,36-39,49-50,54,57,60,67H,3-9,11-14,17-18,21-28,31-32,35,40-48H2,1-2H3,(H,68,72)/t49-,57-,60?,65?/m0/s1. The third kappa shape index (κ3) is 15.8. The molecule has 2 N–H and O–H groups in total. The molecule has 2 unspecified atom stereocenters. The molecule has 3 aromatic carbocycles. The second kappa shape index (κ2) is 30.3. The van der Waals surface area contributed by atoms with E-state index in [0.717, 1.165) is 89.0 Å². The highest BCUT2D eigenvalue weighted by Crippen LogP contribution is 2.45. The third-order valence-corrected chi connectivity index (χ3v) is 18.3. The zero-order chi connectivity index (χ0) is 55.5. The number of nitrogens with one attached hydrogen (secondary N) is 2. The number of amides is 4. The number of likely N-dealkylation sites (tertiary alicyclic amines) is 1. The number of carbonyl (C=O) groups is 5. The first-order chi connectivity index (χ1) is 38.5. The molecule has 2 aliphatic heterocycles. The van der Waals surface area contributed by atoms with Crippen LogP contribution in [0.1, 0.15) is 208 Å². The Morgan fingerprint density at radius 2 is 1.29 bits per heavy atom. The molecule has 0 spiro atoms. The molecule has 4 amide bonds. The molecule has 8 rings (SSSR count). The second-order valence-corrected chi connectivity index (χ2v) is 23.9. The molecule has 0 radical (unpaired) electrons. The van der Waals surface area contributed by atoms with Gasteiger partial charge in [0.2, 0.25) is 23.6 Å². The largest absolute Gasteiger partial charge is 0.444 e. The van der Waals surface area contributed by atoms with Crippen LogP contribution in [0.3, 0.4) is 0 Å². The smallest absolute Gasteiger partial charge is 0.310 e. The predicted octanol–water partition coefficient (Wildman–Crippen LogP) is 11.9. The Kier molecular flexibility index (Phi) is 23.1. The first kappa shape index (κ1) is 60.3. The zero-order valence-corrected chi connectivity index (χ0v) is 48.5. The molecular weight excluding hydrogens is 1010 g/mol. The van der Waals surface area contributed by atoms with E-state index in [1.807, 2.05) is 59.5 Å². The summed E-state index contributed by atoms with van der Waals surface area (Å²) in [7, 11) is 1.63. The van der Waals surface area contributed by atoms with Crippen LogP contribution < -0.4 is 10.6 Å². The number of hydrogen-bond acceptors (Lipinski definition) is 9. The maximum atomic E-state index is 15.7. The van der Waals surface area contributed by atoms with Crippen LogP contribution >= 0.6 is 11.6 Å². The number of carbonyl (C=O) groups excluding carboxylic acids is 5. The lowest BCUT2D eigenvalue weighted by molar-refractivity contribution is -0.163. The SMILES string of the molecule is C[C@@H](C(=O)N(C1CCCCC1)[C@@H](CC(=O)OC(c1ccccc1)(c1ccc(C2CCCCCCCCCCC2)cc1)c1ccccc1Cl)C(=O)N1CCCCC1)N(C)C(=O)C1(NC(=O)CNCCOC2CCCCO2)CCCC1. The number of ether oxygens (including phenoxy) is 3. The van der Waals surface area contributed by atoms with Crippen molar-refractivity contribution in [1.29, 1.82) is 0 Å².